The van der Waals surface area contributed by atoms with Crippen LogP contribution in [0.3, 0.4) is 0 Å². The standard InChI is InChI=1S/C11H14N2O2/c14-8-9-6-13(7-9)11(15)12-10-4-2-1-3-5-10/h1-5,9,14H,6-8H2,(H,12,15). The van der Waals surface area contributed by atoms with Gasteiger partial charge in [-0.05, 0) is 12.1 Å². The van der Waals surface area contributed by atoms with E-state index in [0.717, 1.165) is 5.69 Å². The lowest BCUT2D eigenvalue weighted by atomic mass is 10.0. The highest BCUT2D eigenvalue weighted by molar-refractivity contribution is 5.89. The number of hydrogen-bond donors (Lipinski definition) is 2. The average Bonchev–Trinajstić information content (AvgIpc) is 2.17. The molecule has 0 aliphatic carbocycles. The van der Waals surface area contributed by atoms with E-state index in [1.54, 1.807) is 4.90 Å². The summed E-state index contributed by atoms with van der Waals surface area (Å²) in [7, 11) is 0. The second-order valence-electron chi connectivity index (χ2n) is 3.75. The van der Waals surface area contributed by atoms with Crippen molar-refractivity contribution in [3.8, 4) is 0 Å². The Morgan fingerprint density at radius 3 is 2.67 bits per heavy atom. The maximum atomic E-state index is 11.6. The highest BCUT2D eigenvalue weighted by Crippen LogP contribution is 2.16. The first-order valence-corrected chi connectivity index (χ1v) is 5.01. The number of anilines is 1. The minimum Gasteiger partial charge on any atom is -0.396 e. The number of carbonyl (C=O) groups excluding carboxylic acids is 1. The predicted octanol–water partition coefficient (Wildman–Crippen LogP) is 1.14. The first-order valence-electron chi connectivity index (χ1n) is 5.01. The Morgan fingerprint density at radius 1 is 1.40 bits per heavy atom. The number of aliphatic hydroxyl groups is 1. The van der Waals surface area contributed by atoms with Crippen LogP contribution in [0.4, 0.5) is 10.5 Å². The van der Waals surface area contributed by atoms with E-state index >= 15 is 0 Å². The molecule has 0 spiro atoms. The smallest absolute Gasteiger partial charge is 0.321 e. The van der Waals surface area contributed by atoms with Gasteiger partial charge < -0.3 is 15.3 Å². The summed E-state index contributed by atoms with van der Waals surface area (Å²) in [5.74, 6) is 0.256. The van der Waals surface area contributed by atoms with Crippen LogP contribution in [0.25, 0.3) is 0 Å². The van der Waals surface area contributed by atoms with Crippen LogP contribution in [0.15, 0.2) is 30.3 Å². The third-order valence-corrected chi connectivity index (χ3v) is 2.53. The molecular formula is C11H14N2O2. The van der Waals surface area contributed by atoms with Crippen molar-refractivity contribution >= 4 is 11.7 Å². The molecule has 0 atom stereocenters. The molecule has 0 saturated carbocycles. The molecule has 0 radical (unpaired) electrons. The molecule has 0 aromatic heterocycles. The van der Waals surface area contributed by atoms with Crippen molar-refractivity contribution in [2.75, 3.05) is 25.0 Å². The zero-order valence-electron chi connectivity index (χ0n) is 8.39. The number of carbonyl (C=O) groups is 1. The summed E-state index contributed by atoms with van der Waals surface area (Å²) in [6.07, 6.45) is 0. The summed E-state index contributed by atoms with van der Waals surface area (Å²) in [6, 6.07) is 9.26. The highest BCUT2D eigenvalue weighted by Gasteiger charge is 2.29. The molecule has 1 fully saturated rings. The molecule has 4 heteroatoms. The molecule has 2 amide bonds. The van der Waals surface area contributed by atoms with Gasteiger partial charge in [0.1, 0.15) is 0 Å². The van der Waals surface area contributed by atoms with Crippen molar-refractivity contribution in [1.82, 2.24) is 4.90 Å². The second kappa shape index (κ2) is 4.31. The van der Waals surface area contributed by atoms with Gasteiger partial charge >= 0.3 is 6.03 Å². The minimum absolute atomic E-state index is 0.0918. The first kappa shape index (κ1) is 9.98. The van der Waals surface area contributed by atoms with Gasteiger partial charge in [0.2, 0.25) is 0 Å². The van der Waals surface area contributed by atoms with Gasteiger partial charge in [-0.3, -0.25) is 0 Å². The molecular weight excluding hydrogens is 192 g/mol. The number of hydrogen-bond acceptors (Lipinski definition) is 2. The molecule has 0 unspecified atom stereocenters. The van der Waals surface area contributed by atoms with Crippen LogP contribution < -0.4 is 5.32 Å². The van der Waals surface area contributed by atoms with E-state index in [1.807, 2.05) is 30.3 Å². The van der Waals surface area contributed by atoms with Gasteiger partial charge in [-0.15, -0.1) is 0 Å². The lowest BCUT2D eigenvalue weighted by Gasteiger charge is -2.38. The number of nitrogens with one attached hydrogen (secondary N) is 1. The number of likely N-dealkylation sites (tertiary alicyclic amines) is 1. The molecule has 2 rings (SSSR count). The molecule has 1 aromatic rings. The molecule has 2 N–H and O–H groups in total. The van der Waals surface area contributed by atoms with Crippen molar-refractivity contribution in [1.29, 1.82) is 0 Å². The fourth-order valence-corrected chi connectivity index (χ4v) is 1.58. The summed E-state index contributed by atoms with van der Waals surface area (Å²) in [4.78, 5) is 13.3. The zero-order chi connectivity index (χ0) is 10.7. The molecule has 1 aromatic carbocycles. The summed E-state index contributed by atoms with van der Waals surface area (Å²) in [5, 5.41) is 11.6. The Labute approximate surface area is 88.5 Å². The van der Waals surface area contributed by atoms with E-state index in [-0.39, 0.29) is 18.6 Å². The van der Waals surface area contributed by atoms with Crippen LogP contribution in [-0.4, -0.2) is 35.7 Å². The Bertz CT molecular complexity index is 334. The van der Waals surface area contributed by atoms with Gasteiger partial charge in [0.15, 0.2) is 0 Å². The number of amides is 2. The molecule has 1 aliphatic rings. The van der Waals surface area contributed by atoms with Crippen molar-refractivity contribution in [3.63, 3.8) is 0 Å². The molecule has 0 bridgehead atoms. The monoisotopic (exact) mass is 206 g/mol. The summed E-state index contributed by atoms with van der Waals surface area (Å²) >= 11 is 0. The molecule has 80 valence electrons. The van der Waals surface area contributed by atoms with Crippen molar-refractivity contribution in [3.05, 3.63) is 30.3 Å². The van der Waals surface area contributed by atoms with Gasteiger partial charge in [-0.25, -0.2) is 4.79 Å². The number of nitrogens with zero attached hydrogens (tertiary/aromatic N) is 1. The van der Waals surface area contributed by atoms with E-state index in [1.165, 1.54) is 0 Å². The molecule has 1 heterocycles. The van der Waals surface area contributed by atoms with E-state index in [0.29, 0.717) is 13.1 Å². The summed E-state index contributed by atoms with van der Waals surface area (Å²) in [5.41, 5.74) is 0.801. The summed E-state index contributed by atoms with van der Waals surface area (Å²) in [6.45, 7) is 1.46. The minimum atomic E-state index is -0.0918. The number of urea groups is 1. The molecule has 15 heavy (non-hydrogen) atoms. The molecule has 1 saturated heterocycles. The normalized spacial score (nSPS) is 15.9. The van der Waals surface area contributed by atoms with Crippen molar-refractivity contribution < 1.29 is 9.90 Å². The van der Waals surface area contributed by atoms with E-state index < -0.39 is 0 Å². The SMILES string of the molecule is O=C(Nc1ccccc1)N1CC(CO)C1. The fourth-order valence-electron chi connectivity index (χ4n) is 1.58. The quantitative estimate of drug-likeness (QED) is 0.762. The molecule has 4 nitrogen and oxygen atoms in total. The van der Waals surface area contributed by atoms with Crippen LogP contribution in [0.2, 0.25) is 0 Å². The first-order chi connectivity index (χ1) is 7.29. The van der Waals surface area contributed by atoms with Crippen LogP contribution in [-0.2, 0) is 0 Å². The fraction of sp³-hybridized carbons (Fsp3) is 0.364. The van der Waals surface area contributed by atoms with E-state index in [4.69, 9.17) is 5.11 Å². The predicted molar refractivity (Wildman–Crippen MR) is 57.6 cm³/mol. The Balaban J connectivity index is 1.84. The van der Waals surface area contributed by atoms with Crippen molar-refractivity contribution in [2.24, 2.45) is 5.92 Å². The van der Waals surface area contributed by atoms with Crippen molar-refractivity contribution in [2.45, 2.75) is 0 Å². The van der Waals surface area contributed by atoms with Crippen LogP contribution >= 0.6 is 0 Å². The number of aliphatic hydroxyl groups excluding tert-OH is 1. The lowest BCUT2D eigenvalue weighted by Crippen LogP contribution is -2.52. The number of rotatable bonds is 2. The van der Waals surface area contributed by atoms with E-state index in [2.05, 4.69) is 5.32 Å². The Hall–Kier alpha value is -1.55. The second-order valence-corrected chi connectivity index (χ2v) is 3.75. The van der Waals surface area contributed by atoms with E-state index in [9.17, 15) is 4.79 Å². The number of para-hydroxylation sites is 1. The zero-order valence-corrected chi connectivity index (χ0v) is 8.39. The van der Waals surface area contributed by atoms with Crippen LogP contribution in [0.5, 0.6) is 0 Å². The third kappa shape index (κ3) is 2.27. The maximum Gasteiger partial charge on any atom is 0.321 e. The lowest BCUT2D eigenvalue weighted by molar-refractivity contribution is 0.0838. The Kier molecular flexibility index (Phi) is 2.87. The van der Waals surface area contributed by atoms with Gasteiger partial charge in [0, 0.05) is 31.3 Å². The van der Waals surface area contributed by atoms with Gasteiger partial charge in [-0.2, -0.15) is 0 Å². The number of benzene rings is 1. The topological polar surface area (TPSA) is 52.6 Å². The Morgan fingerprint density at radius 2 is 2.07 bits per heavy atom. The van der Waals surface area contributed by atoms with Gasteiger partial charge in [0.05, 0.1) is 0 Å². The maximum absolute atomic E-state index is 11.6. The van der Waals surface area contributed by atoms with Crippen LogP contribution in [0.1, 0.15) is 0 Å². The van der Waals surface area contributed by atoms with Crippen LogP contribution in [0, 0.1) is 5.92 Å². The largest absolute Gasteiger partial charge is 0.396 e. The van der Waals surface area contributed by atoms with Gasteiger partial charge in [0.25, 0.3) is 0 Å². The summed E-state index contributed by atoms with van der Waals surface area (Å²) < 4.78 is 0. The molecule has 1 aliphatic heterocycles. The third-order valence-electron chi connectivity index (χ3n) is 2.53. The van der Waals surface area contributed by atoms with Gasteiger partial charge in [-0.1, -0.05) is 18.2 Å². The average molecular weight is 206 g/mol. The highest BCUT2D eigenvalue weighted by atomic mass is 16.3.